The number of aryl methyl sites for hydroxylation is 1. The average Bonchev–Trinajstić information content (AvgIpc) is 2.47. The molecule has 0 amide bonds. The summed E-state index contributed by atoms with van der Waals surface area (Å²) in [6.45, 7) is 6.84. The number of benzene rings is 2. The van der Waals surface area contributed by atoms with Gasteiger partial charge in [-0.25, -0.2) is 8.78 Å². The van der Waals surface area contributed by atoms with Crippen LogP contribution in [0.15, 0.2) is 36.4 Å². The van der Waals surface area contributed by atoms with Crippen LogP contribution in [-0.4, -0.2) is 6.54 Å². The van der Waals surface area contributed by atoms with E-state index in [1.165, 1.54) is 12.1 Å². The number of rotatable bonds is 5. The lowest BCUT2D eigenvalue weighted by molar-refractivity contribution is 0.534. The number of hydrogen-bond acceptors (Lipinski definition) is 1. The van der Waals surface area contributed by atoms with Gasteiger partial charge in [-0.1, -0.05) is 25.1 Å². The summed E-state index contributed by atoms with van der Waals surface area (Å²) in [7, 11) is 0. The van der Waals surface area contributed by atoms with Gasteiger partial charge in [-0.05, 0) is 61.7 Å². The molecule has 1 unspecified atom stereocenters. The molecular weight excluding hydrogens is 268 g/mol. The molecule has 2 rings (SSSR count). The Morgan fingerprint density at radius 2 is 1.81 bits per heavy atom. The van der Waals surface area contributed by atoms with Gasteiger partial charge in [0.25, 0.3) is 0 Å². The second-order valence-corrected chi connectivity index (χ2v) is 5.34. The maximum absolute atomic E-state index is 14.2. The number of nitrogens with one attached hydrogen (secondary N) is 1. The minimum Gasteiger partial charge on any atom is -0.306 e. The molecule has 1 atom stereocenters. The fourth-order valence-electron chi connectivity index (χ4n) is 2.50. The molecule has 0 aliphatic rings. The van der Waals surface area contributed by atoms with Crippen molar-refractivity contribution in [1.29, 1.82) is 0 Å². The lowest BCUT2D eigenvalue weighted by Crippen LogP contribution is -2.25. The first-order chi connectivity index (χ1) is 10.0. The van der Waals surface area contributed by atoms with E-state index in [0.29, 0.717) is 5.56 Å². The minimum absolute atomic E-state index is 0.333. The zero-order chi connectivity index (χ0) is 15.4. The van der Waals surface area contributed by atoms with Crippen molar-refractivity contribution < 1.29 is 8.78 Å². The molecule has 2 aromatic rings. The van der Waals surface area contributed by atoms with Crippen molar-refractivity contribution in [3.8, 4) is 0 Å². The number of hydrogen-bond donors (Lipinski definition) is 1. The standard InChI is InChI=1S/C18H21F2N/c1-4-10-21-18(15-7-5-6-12(2)13(15)3)16-11-14(19)8-9-17(16)20/h5-9,11,18,21H,4,10H2,1-3H3. The van der Waals surface area contributed by atoms with E-state index in [1.807, 2.05) is 32.0 Å². The van der Waals surface area contributed by atoms with Gasteiger partial charge in [0, 0.05) is 5.56 Å². The van der Waals surface area contributed by atoms with E-state index in [4.69, 9.17) is 0 Å². The average molecular weight is 289 g/mol. The van der Waals surface area contributed by atoms with Gasteiger partial charge in [-0.15, -0.1) is 0 Å². The van der Waals surface area contributed by atoms with Crippen LogP contribution in [-0.2, 0) is 0 Å². The highest BCUT2D eigenvalue weighted by molar-refractivity contribution is 5.41. The van der Waals surface area contributed by atoms with E-state index in [2.05, 4.69) is 12.2 Å². The first kappa shape index (κ1) is 15.6. The second kappa shape index (κ2) is 6.81. The summed E-state index contributed by atoms with van der Waals surface area (Å²) >= 11 is 0. The molecule has 0 aliphatic heterocycles. The van der Waals surface area contributed by atoms with Crippen molar-refractivity contribution in [3.05, 3.63) is 70.3 Å². The van der Waals surface area contributed by atoms with Gasteiger partial charge in [0.15, 0.2) is 0 Å². The van der Waals surface area contributed by atoms with Crippen LogP contribution in [0.5, 0.6) is 0 Å². The fourth-order valence-corrected chi connectivity index (χ4v) is 2.50. The highest BCUT2D eigenvalue weighted by Crippen LogP contribution is 2.28. The molecule has 0 radical (unpaired) electrons. The summed E-state index contributed by atoms with van der Waals surface area (Å²) in [4.78, 5) is 0. The largest absolute Gasteiger partial charge is 0.306 e. The van der Waals surface area contributed by atoms with Gasteiger partial charge in [-0.2, -0.15) is 0 Å². The zero-order valence-corrected chi connectivity index (χ0v) is 12.7. The van der Waals surface area contributed by atoms with Gasteiger partial charge in [-0.3, -0.25) is 0 Å². The highest BCUT2D eigenvalue weighted by Gasteiger charge is 2.20. The van der Waals surface area contributed by atoms with E-state index in [1.54, 1.807) is 0 Å². The van der Waals surface area contributed by atoms with Gasteiger partial charge in [0.05, 0.1) is 6.04 Å². The van der Waals surface area contributed by atoms with E-state index in [-0.39, 0.29) is 11.9 Å². The zero-order valence-electron chi connectivity index (χ0n) is 12.7. The molecule has 0 bridgehead atoms. The summed E-state index contributed by atoms with van der Waals surface area (Å²) in [6.07, 6.45) is 0.929. The van der Waals surface area contributed by atoms with Crippen molar-refractivity contribution >= 4 is 0 Å². The molecule has 2 aromatic carbocycles. The van der Waals surface area contributed by atoms with Crippen LogP contribution in [0.2, 0.25) is 0 Å². The van der Waals surface area contributed by atoms with E-state index in [9.17, 15) is 8.78 Å². The molecule has 0 aromatic heterocycles. The summed E-state index contributed by atoms with van der Waals surface area (Å²) in [5, 5.41) is 3.33. The van der Waals surface area contributed by atoms with Crippen LogP contribution >= 0.6 is 0 Å². The van der Waals surface area contributed by atoms with Crippen LogP contribution in [0.1, 0.15) is 41.6 Å². The van der Waals surface area contributed by atoms with Crippen LogP contribution < -0.4 is 5.32 Å². The van der Waals surface area contributed by atoms with Crippen molar-refractivity contribution in [1.82, 2.24) is 5.32 Å². The molecule has 0 heterocycles. The van der Waals surface area contributed by atoms with Gasteiger partial charge < -0.3 is 5.32 Å². The minimum atomic E-state index is -0.417. The van der Waals surface area contributed by atoms with Crippen molar-refractivity contribution in [3.63, 3.8) is 0 Å². The molecule has 0 fully saturated rings. The smallest absolute Gasteiger partial charge is 0.128 e. The van der Waals surface area contributed by atoms with Crippen molar-refractivity contribution in [2.45, 2.75) is 33.2 Å². The Balaban J connectivity index is 2.52. The lowest BCUT2D eigenvalue weighted by atomic mass is 9.92. The normalized spacial score (nSPS) is 12.4. The Bertz CT molecular complexity index is 621. The Kier molecular flexibility index (Phi) is 5.07. The highest BCUT2D eigenvalue weighted by atomic mass is 19.1. The Morgan fingerprint density at radius 3 is 2.52 bits per heavy atom. The molecule has 1 N–H and O–H groups in total. The summed E-state index contributed by atoms with van der Waals surface area (Å²) < 4.78 is 27.7. The maximum atomic E-state index is 14.2. The Hall–Kier alpha value is -1.74. The van der Waals surface area contributed by atoms with Crippen molar-refractivity contribution in [2.24, 2.45) is 0 Å². The summed E-state index contributed by atoms with van der Waals surface area (Å²) in [5.41, 5.74) is 3.60. The molecule has 0 aliphatic carbocycles. The first-order valence-electron chi connectivity index (χ1n) is 7.29. The van der Waals surface area contributed by atoms with Crippen LogP contribution in [0.25, 0.3) is 0 Å². The third kappa shape index (κ3) is 3.48. The van der Waals surface area contributed by atoms with E-state index in [0.717, 1.165) is 35.7 Å². The third-order valence-electron chi connectivity index (χ3n) is 3.83. The fraction of sp³-hybridized carbons (Fsp3) is 0.333. The Labute approximate surface area is 125 Å². The topological polar surface area (TPSA) is 12.0 Å². The molecule has 112 valence electrons. The van der Waals surface area contributed by atoms with E-state index < -0.39 is 5.82 Å². The predicted octanol–water partition coefficient (Wildman–Crippen LogP) is 4.67. The van der Waals surface area contributed by atoms with Crippen LogP contribution in [0, 0.1) is 25.5 Å². The molecular formula is C18H21F2N. The van der Waals surface area contributed by atoms with Gasteiger partial charge in [0.1, 0.15) is 11.6 Å². The quantitative estimate of drug-likeness (QED) is 0.843. The van der Waals surface area contributed by atoms with E-state index >= 15 is 0 Å². The van der Waals surface area contributed by atoms with Gasteiger partial charge >= 0.3 is 0 Å². The monoisotopic (exact) mass is 289 g/mol. The predicted molar refractivity (Wildman–Crippen MR) is 82.4 cm³/mol. The molecule has 0 saturated heterocycles. The lowest BCUT2D eigenvalue weighted by Gasteiger charge is -2.23. The molecule has 0 spiro atoms. The Morgan fingerprint density at radius 1 is 1.05 bits per heavy atom. The van der Waals surface area contributed by atoms with Gasteiger partial charge in [0.2, 0.25) is 0 Å². The third-order valence-corrected chi connectivity index (χ3v) is 3.83. The summed E-state index contributed by atoms with van der Waals surface area (Å²) in [5.74, 6) is -0.800. The van der Waals surface area contributed by atoms with Crippen LogP contribution in [0.3, 0.4) is 0 Å². The first-order valence-corrected chi connectivity index (χ1v) is 7.29. The molecule has 3 heteroatoms. The maximum Gasteiger partial charge on any atom is 0.128 e. The molecule has 21 heavy (non-hydrogen) atoms. The van der Waals surface area contributed by atoms with Crippen molar-refractivity contribution in [2.75, 3.05) is 6.54 Å². The second-order valence-electron chi connectivity index (χ2n) is 5.34. The molecule has 0 saturated carbocycles. The molecule has 1 nitrogen and oxygen atoms in total. The van der Waals surface area contributed by atoms with Crippen LogP contribution in [0.4, 0.5) is 8.78 Å². The summed E-state index contributed by atoms with van der Waals surface area (Å²) in [6, 6.07) is 9.24. The SMILES string of the molecule is CCCNC(c1cc(F)ccc1F)c1cccc(C)c1C. The number of halogens is 2.